The van der Waals surface area contributed by atoms with E-state index in [4.69, 9.17) is 20.9 Å². The van der Waals surface area contributed by atoms with Crippen LogP contribution in [0.2, 0.25) is 0 Å². The fraction of sp³-hybridized carbons (Fsp3) is 0.286. The lowest BCUT2D eigenvalue weighted by Gasteiger charge is -2.34. The highest BCUT2D eigenvalue weighted by Crippen LogP contribution is 2.37. The van der Waals surface area contributed by atoms with Crippen molar-refractivity contribution in [3.63, 3.8) is 0 Å². The van der Waals surface area contributed by atoms with Gasteiger partial charge in [0, 0.05) is 34.8 Å². The highest BCUT2D eigenvalue weighted by molar-refractivity contribution is 7.13. The zero-order valence-electron chi connectivity index (χ0n) is 16.0. The third-order valence-electron chi connectivity index (χ3n) is 4.91. The van der Waals surface area contributed by atoms with Crippen molar-refractivity contribution >= 4 is 40.0 Å². The summed E-state index contributed by atoms with van der Waals surface area (Å²) in [6.45, 7) is 6.42. The molecule has 6 nitrogen and oxygen atoms in total. The first-order chi connectivity index (χ1) is 13.6. The monoisotopic (exact) mass is 393 g/mol. The normalized spacial score (nSPS) is 17.9. The van der Waals surface area contributed by atoms with Crippen LogP contribution in [-0.2, 0) is 4.74 Å². The standard InChI is InChI=1S/C21H23N5OS/c1-13-9-18(28-12-13)16-10-19(26-7-8-27-11-14(26)2)25-20-15(16)4-6-24-21(20)17(23)3-5-22/h3-6,9-10,12,14,22H,7-8,11,23H2,1-2H3/b17-3-,22-5?. The molecule has 0 radical (unpaired) electrons. The lowest BCUT2D eigenvalue weighted by Crippen LogP contribution is -2.44. The van der Waals surface area contributed by atoms with E-state index >= 15 is 0 Å². The van der Waals surface area contributed by atoms with Crippen LogP contribution in [-0.4, -0.2) is 42.0 Å². The molecule has 1 atom stereocenters. The summed E-state index contributed by atoms with van der Waals surface area (Å²) >= 11 is 1.72. The van der Waals surface area contributed by atoms with E-state index in [0.717, 1.165) is 28.8 Å². The average Bonchev–Trinajstić information content (AvgIpc) is 3.13. The van der Waals surface area contributed by atoms with Gasteiger partial charge in [0.05, 0.1) is 25.0 Å². The second kappa shape index (κ2) is 7.69. The Bertz CT molecular complexity index is 1060. The number of pyridine rings is 2. The van der Waals surface area contributed by atoms with Crippen molar-refractivity contribution in [1.82, 2.24) is 9.97 Å². The molecule has 4 heterocycles. The topological polar surface area (TPSA) is 88.1 Å². The van der Waals surface area contributed by atoms with Crippen LogP contribution < -0.4 is 10.6 Å². The maximum absolute atomic E-state index is 7.35. The van der Waals surface area contributed by atoms with Crippen LogP contribution >= 0.6 is 11.3 Å². The number of nitrogens with two attached hydrogens (primary N) is 1. The number of aromatic nitrogens is 2. The Morgan fingerprint density at radius 2 is 2.29 bits per heavy atom. The van der Waals surface area contributed by atoms with Crippen LogP contribution in [0.5, 0.6) is 0 Å². The predicted molar refractivity (Wildman–Crippen MR) is 116 cm³/mol. The van der Waals surface area contributed by atoms with Gasteiger partial charge in [0.15, 0.2) is 0 Å². The van der Waals surface area contributed by atoms with Crippen molar-refractivity contribution in [2.45, 2.75) is 19.9 Å². The fourth-order valence-electron chi connectivity index (χ4n) is 3.51. The number of nitrogens with zero attached hydrogens (tertiary/aromatic N) is 3. The Balaban J connectivity index is 1.99. The SMILES string of the molecule is Cc1csc(-c2cc(N3CCOCC3C)nc3c(/C(N)=C/C=N)nccc23)c1. The molecule has 0 amide bonds. The number of thiophene rings is 1. The van der Waals surface area contributed by atoms with Crippen molar-refractivity contribution in [3.05, 3.63) is 47.1 Å². The van der Waals surface area contributed by atoms with Crippen LogP contribution in [0.1, 0.15) is 18.2 Å². The number of nitrogens with one attached hydrogen (secondary N) is 1. The summed E-state index contributed by atoms with van der Waals surface area (Å²) < 4.78 is 5.60. The molecule has 1 saturated heterocycles. The van der Waals surface area contributed by atoms with Gasteiger partial charge in [-0.2, -0.15) is 0 Å². The van der Waals surface area contributed by atoms with E-state index < -0.39 is 0 Å². The van der Waals surface area contributed by atoms with E-state index in [0.29, 0.717) is 24.6 Å². The van der Waals surface area contributed by atoms with E-state index in [1.807, 2.05) is 6.07 Å². The van der Waals surface area contributed by atoms with Crippen LogP contribution in [0.15, 0.2) is 35.9 Å². The molecule has 1 fully saturated rings. The molecule has 144 valence electrons. The zero-order valence-corrected chi connectivity index (χ0v) is 16.8. The van der Waals surface area contributed by atoms with Gasteiger partial charge in [0.25, 0.3) is 0 Å². The van der Waals surface area contributed by atoms with Crippen LogP contribution in [0, 0.1) is 12.3 Å². The molecule has 7 heteroatoms. The van der Waals surface area contributed by atoms with Crippen molar-refractivity contribution in [2.24, 2.45) is 5.73 Å². The fourth-order valence-corrected chi connectivity index (χ4v) is 4.44. The molecule has 0 bridgehead atoms. The predicted octanol–water partition coefficient (Wildman–Crippen LogP) is 3.84. The number of aryl methyl sites for hydroxylation is 1. The number of ether oxygens (including phenoxy) is 1. The van der Waals surface area contributed by atoms with Crippen molar-refractivity contribution in [2.75, 3.05) is 24.7 Å². The van der Waals surface area contributed by atoms with Gasteiger partial charge < -0.3 is 20.8 Å². The quantitative estimate of drug-likeness (QED) is 0.658. The Morgan fingerprint density at radius 1 is 1.43 bits per heavy atom. The van der Waals surface area contributed by atoms with E-state index in [9.17, 15) is 0 Å². The maximum Gasteiger partial charge on any atom is 0.130 e. The molecule has 3 N–H and O–H groups in total. The highest BCUT2D eigenvalue weighted by atomic mass is 32.1. The summed E-state index contributed by atoms with van der Waals surface area (Å²) in [5.74, 6) is 0.904. The summed E-state index contributed by atoms with van der Waals surface area (Å²) in [6.07, 6.45) is 4.47. The third kappa shape index (κ3) is 3.39. The lowest BCUT2D eigenvalue weighted by molar-refractivity contribution is 0.0986. The Hall–Kier alpha value is -2.77. The second-order valence-corrected chi connectivity index (χ2v) is 7.89. The summed E-state index contributed by atoms with van der Waals surface area (Å²) in [5, 5.41) is 10.5. The molecule has 1 aliphatic rings. The molecule has 3 aromatic rings. The van der Waals surface area contributed by atoms with Crippen molar-refractivity contribution < 1.29 is 4.74 Å². The number of fused-ring (bicyclic) bond motifs is 1. The molecule has 4 rings (SSSR count). The summed E-state index contributed by atoms with van der Waals surface area (Å²) in [5.41, 5.74) is 10.4. The van der Waals surface area contributed by atoms with Crippen LogP contribution in [0.4, 0.5) is 5.82 Å². The number of rotatable bonds is 4. The molecule has 0 aliphatic carbocycles. The lowest BCUT2D eigenvalue weighted by atomic mass is 10.0. The Morgan fingerprint density at radius 3 is 3.00 bits per heavy atom. The zero-order chi connectivity index (χ0) is 19.7. The molecule has 3 aromatic heterocycles. The summed E-state index contributed by atoms with van der Waals surface area (Å²) in [6, 6.07) is 6.59. The molecule has 1 aliphatic heterocycles. The number of hydrogen-bond acceptors (Lipinski definition) is 7. The molecular weight excluding hydrogens is 370 g/mol. The molecular formula is C21H23N5OS. The molecule has 28 heavy (non-hydrogen) atoms. The minimum atomic E-state index is 0.242. The van der Waals surface area contributed by atoms with E-state index in [1.165, 1.54) is 16.7 Å². The Kier molecular flexibility index (Phi) is 5.11. The van der Waals surface area contributed by atoms with E-state index in [2.05, 4.69) is 41.2 Å². The minimum Gasteiger partial charge on any atom is -0.397 e. The van der Waals surface area contributed by atoms with Gasteiger partial charge >= 0.3 is 0 Å². The molecule has 0 spiro atoms. The molecule has 0 saturated carbocycles. The third-order valence-corrected chi connectivity index (χ3v) is 5.99. The highest BCUT2D eigenvalue weighted by Gasteiger charge is 2.23. The van der Waals surface area contributed by atoms with Crippen molar-refractivity contribution in [1.29, 1.82) is 5.41 Å². The van der Waals surface area contributed by atoms with Gasteiger partial charge in [-0.1, -0.05) is 0 Å². The summed E-state index contributed by atoms with van der Waals surface area (Å²) in [4.78, 5) is 12.9. The van der Waals surface area contributed by atoms with Crippen LogP contribution in [0.3, 0.4) is 0 Å². The van der Waals surface area contributed by atoms with Gasteiger partial charge in [0.2, 0.25) is 0 Å². The number of allylic oxidation sites excluding steroid dienone is 1. The van der Waals surface area contributed by atoms with E-state index in [-0.39, 0.29) is 6.04 Å². The van der Waals surface area contributed by atoms with Crippen molar-refractivity contribution in [3.8, 4) is 10.4 Å². The molecule has 0 aromatic carbocycles. The van der Waals surface area contributed by atoms with Gasteiger partial charge in [-0.25, -0.2) is 4.98 Å². The number of morpholine rings is 1. The molecule has 1 unspecified atom stereocenters. The first kappa shape index (κ1) is 18.6. The Labute approximate surface area is 168 Å². The maximum atomic E-state index is 7.35. The minimum absolute atomic E-state index is 0.242. The first-order valence-electron chi connectivity index (χ1n) is 9.24. The first-order valence-corrected chi connectivity index (χ1v) is 10.1. The van der Waals surface area contributed by atoms with Gasteiger partial charge in [-0.15, -0.1) is 11.3 Å². The largest absolute Gasteiger partial charge is 0.397 e. The van der Waals surface area contributed by atoms with Gasteiger partial charge in [0.1, 0.15) is 17.0 Å². The van der Waals surface area contributed by atoms with Crippen LogP contribution in [0.25, 0.3) is 27.0 Å². The summed E-state index contributed by atoms with van der Waals surface area (Å²) in [7, 11) is 0. The number of hydrogen-bond donors (Lipinski definition) is 2. The smallest absolute Gasteiger partial charge is 0.130 e. The van der Waals surface area contributed by atoms with Gasteiger partial charge in [-0.3, -0.25) is 4.98 Å². The van der Waals surface area contributed by atoms with Gasteiger partial charge in [-0.05, 0) is 49.1 Å². The number of anilines is 1. The average molecular weight is 394 g/mol. The second-order valence-electron chi connectivity index (χ2n) is 6.98. The van der Waals surface area contributed by atoms with E-state index in [1.54, 1.807) is 23.6 Å².